The first-order valence-corrected chi connectivity index (χ1v) is 7.25. The molecule has 1 amide bonds. The van der Waals surface area contributed by atoms with Crippen LogP contribution in [0.4, 0.5) is 5.69 Å². The van der Waals surface area contributed by atoms with Crippen molar-refractivity contribution in [3.63, 3.8) is 0 Å². The lowest BCUT2D eigenvalue weighted by Crippen LogP contribution is -2.36. The highest BCUT2D eigenvalue weighted by molar-refractivity contribution is 5.78. The minimum absolute atomic E-state index is 0.146. The van der Waals surface area contributed by atoms with E-state index in [0.717, 1.165) is 37.1 Å². The highest BCUT2D eigenvalue weighted by Crippen LogP contribution is 2.16. The Bertz CT molecular complexity index is 399. The lowest BCUT2D eigenvalue weighted by Gasteiger charge is -2.26. The van der Waals surface area contributed by atoms with Gasteiger partial charge in [-0.2, -0.15) is 0 Å². The topological polar surface area (TPSA) is 46.3 Å². The molecule has 3 nitrogen and oxygen atoms in total. The van der Waals surface area contributed by atoms with Gasteiger partial charge in [-0.25, -0.2) is 0 Å². The molecule has 0 fully saturated rings. The lowest BCUT2D eigenvalue weighted by molar-refractivity contribution is -0.136. The second kappa shape index (κ2) is 7.82. The van der Waals surface area contributed by atoms with Crippen LogP contribution in [0.15, 0.2) is 24.3 Å². The van der Waals surface area contributed by atoms with Crippen molar-refractivity contribution in [2.24, 2.45) is 5.92 Å². The van der Waals surface area contributed by atoms with E-state index in [9.17, 15) is 4.79 Å². The van der Waals surface area contributed by atoms with Crippen molar-refractivity contribution < 1.29 is 4.79 Å². The molecule has 0 aliphatic heterocycles. The standard InChI is InChI=1S/C16H26N2O/c1-4-10-18(16(19)14(5-2)6-3)12-13-8-7-9-15(17)11-13/h7-9,11,14H,4-6,10,12,17H2,1-3H3. The van der Waals surface area contributed by atoms with Crippen LogP contribution in [0.5, 0.6) is 0 Å². The molecule has 2 N–H and O–H groups in total. The summed E-state index contributed by atoms with van der Waals surface area (Å²) >= 11 is 0. The Hall–Kier alpha value is -1.51. The number of carbonyl (C=O) groups excluding carboxylic acids is 1. The van der Waals surface area contributed by atoms with Crippen LogP contribution in [-0.2, 0) is 11.3 Å². The third kappa shape index (κ3) is 4.58. The summed E-state index contributed by atoms with van der Waals surface area (Å²) in [4.78, 5) is 14.4. The smallest absolute Gasteiger partial charge is 0.225 e. The van der Waals surface area contributed by atoms with E-state index in [1.807, 2.05) is 29.2 Å². The van der Waals surface area contributed by atoms with Gasteiger partial charge in [-0.05, 0) is 37.0 Å². The van der Waals surface area contributed by atoms with Crippen molar-refractivity contribution >= 4 is 11.6 Å². The van der Waals surface area contributed by atoms with Crippen molar-refractivity contribution in [3.8, 4) is 0 Å². The molecule has 0 bridgehead atoms. The van der Waals surface area contributed by atoms with Gasteiger partial charge in [-0.15, -0.1) is 0 Å². The molecular weight excluding hydrogens is 236 g/mol. The van der Waals surface area contributed by atoms with Gasteiger partial charge in [-0.3, -0.25) is 4.79 Å². The summed E-state index contributed by atoms with van der Waals surface area (Å²) in [6, 6.07) is 7.79. The molecule has 0 radical (unpaired) electrons. The van der Waals surface area contributed by atoms with Gasteiger partial charge < -0.3 is 10.6 Å². The molecule has 0 aromatic heterocycles. The number of rotatable bonds is 7. The molecule has 106 valence electrons. The summed E-state index contributed by atoms with van der Waals surface area (Å²) in [7, 11) is 0. The first-order chi connectivity index (χ1) is 9.12. The molecule has 0 aliphatic carbocycles. The van der Waals surface area contributed by atoms with Crippen LogP contribution in [0.3, 0.4) is 0 Å². The Balaban J connectivity index is 2.80. The number of nitrogens with zero attached hydrogens (tertiary/aromatic N) is 1. The predicted octanol–water partition coefficient (Wildman–Crippen LogP) is 3.44. The van der Waals surface area contributed by atoms with Gasteiger partial charge in [0.2, 0.25) is 5.91 Å². The van der Waals surface area contributed by atoms with Crippen LogP contribution >= 0.6 is 0 Å². The third-order valence-electron chi connectivity index (χ3n) is 3.46. The van der Waals surface area contributed by atoms with E-state index >= 15 is 0 Å². The van der Waals surface area contributed by atoms with Gasteiger partial charge in [0.25, 0.3) is 0 Å². The summed E-state index contributed by atoms with van der Waals surface area (Å²) in [5, 5.41) is 0. The average Bonchev–Trinajstić information content (AvgIpc) is 2.39. The van der Waals surface area contributed by atoms with Gasteiger partial charge >= 0.3 is 0 Å². The molecule has 0 spiro atoms. The summed E-state index contributed by atoms with van der Waals surface area (Å²) < 4.78 is 0. The van der Waals surface area contributed by atoms with Crippen LogP contribution < -0.4 is 5.73 Å². The maximum absolute atomic E-state index is 12.5. The summed E-state index contributed by atoms with van der Waals surface area (Å²) in [6.07, 6.45) is 2.80. The van der Waals surface area contributed by atoms with Gasteiger partial charge in [0.05, 0.1) is 0 Å². The van der Waals surface area contributed by atoms with Crippen molar-refractivity contribution in [2.45, 2.75) is 46.6 Å². The Morgan fingerprint density at radius 1 is 1.26 bits per heavy atom. The summed E-state index contributed by atoms with van der Waals surface area (Å²) in [6.45, 7) is 7.73. The van der Waals surface area contributed by atoms with Crippen molar-refractivity contribution in [3.05, 3.63) is 29.8 Å². The molecule has 0 atom stereocenters. The lowest BCUT2D eigenvalue weighted by atomic mass is 10.0. The second-order valence-electron chi connectivity index (χ2n) is 5.02. The number of nitrogen functional groups attached to an aromatic ring is 1. The first-order valence-electron chi connectivity index (χ1n) is 7.25. The number of hydrogen-bond acceptors (Lipinski definition) is 2. The molecule has 1 aromatic rings. The van der Waals surface area contributed by atoms with E-state index in [4.69, 9.17) is 5.73 Å². The fraction of sp³-hybridized carbons (Fsp3) is 0.562. The van der Waals surface area contributed by atoms with E-state index in [1.165, 1.54) is 0 Å². The zero-order chi connectivity index (χ0) is 14.3. The second-order valence-corrected chi connectivity index (χ2v) is 5.02. The monoisotopic (exact) mass is 262 g/mol. The zero-order valence-corrected chi connectivity index (χ0v) is 12.4. The van der Waals surface area contributed by atoms with Crippen LogP contribution in [0.2, 0.25) is 0 Å². The molecule has 19 heavy (non-hydrogen) atoms. The van der Waals surface area contributed by atoms with Crippen LogP contribution in [0.25, 0.3) is 0 Å². The Kier molecular flexibility index (Phi) is 6.40. The quantitative estimate of drug-likeness (QED) is 0.765. The molecule has 1 rings (SSSR count). The zero-order valence-electron chi connectivity index (χ0n) is 12.4. The molecular formula is C16H26N2O. The maximum atomic E-state index is 12.5. The molecule has 3 heteroatoms. The number of benzene rings is 1. The number of amides is 1. The molecule has 0 saturated heterocycles. The van der Waals surface area contributed by atoms with Crippen LogP contribution in [0, 0.1) is 5.92 Å². The van der Waals surface area contributed by atoms with Gasteiger partial charge in [0.1, 0.15) is 0 Å². The number of carbonyl (C=O) groups is 1. The molecule has 0 saturated carbocycles. The first kappa shape index (κ1) is 15.5. The van der Waals surface area contributed by atoms with E-state index in [2.05, 4.69) is 20.8 Å². The fourth-order valence-electron chi connectivity index (χ4n) is 2.35. The maximum Gasteiger partial charge on any atom is 0.225 e. The van der Waals surface area contributed by atoms with E-state index < -0.39 is 0 Å². The average molecular weight is 262 g/mol. The highest BCUT2D eigenvalue weighted by Gasteiger charge is 2.20. The normalized spacial score (nSPS) is 10.7. The van der Waals surface area contributed by atoms with E-state index in [0.29, 0.717) is 6.54 Å². The predicted molar refractivity (Wildman–Crippen MR) is 80.6 cm³/mol. The highest BCUT2D eigenvalue weighted by atomic mass is 16.2. The van der Waals surface area contributed by atoms with Gasteiger partial charge in [-0.1, -0.05) is 32.9 Å². The van der Waals surface area contributed by atoms with Crippen molar-refractivity contribution in [1.29, 1.82) is 0 Å². The fourth-order valence-corrected chi connectivity index (χ4v) is 2.35. The summed E-state index contributed by atoms with van der Waals surface area (Å²) in [5.74, 6) is 0.418. The molecule has 1 aromatic carbocycles. The third-order valence-corrected chi connectivity index (χ3v) is 3.46. The van der Waals surface area contributed by atoms with Crippen molar-refractivity contribution in [2.75, 3.05) is 12.3 Å². The summed E-state index contributed by atoms with van der Waals surface area (Å²) in [5.41, 5.74) is 7.65. The largest absolute Gasteiger partial charge is 0.399 e. The Labute approximate surface area is 116 Å². The minimum atomic E-state index is 0.146. The number of nitrogens with two attached hydrogens (primary N) is 1. The van der Waals surface area contributed by atoms with E-state index in [1.54, 1.807) is 0 Å². The SMILES string of the molecule is CCCN(Cc1cccc(N)c1)C(=O)C(CC)CC. The van der Waals surface area contributed by atoms with Gasteiger partial charge in [0.15, 0.2) is 0 Å². The molecule has 0 unspecified atom stereocenters. The Morgan fingerprint density at radius 3 is 2.47 bits per heavy atom. The minimum Gasteiger partial charge on any atom is -0.399 e. The van der Waals surface area contributed by atoms with Crippen LogP contribution in [-0.4, -0.2) is 17.4 Å². The number of hydrogen-bond donors (Lipinski definition) is 1. The molecule has 0 heterocycles. The van der Waals surface area contributed by atoms with Gasteiger partial charge in [0, 0.05) is 24.7 Å². The Morgan fingerprint density at radius 2 is 1.95 bits per heavy atom. The molecule has 0 aliphatic rings. The van der Waals surface area contributed by atoms with Crippen molar-refractivity contribution in [1.82, 2.24) is 4.90 Å². The van der Waals surface area contributed by atoms with E-state index in [-0.39, 0.29) is 11.8 Å². The van der Waals surface area contributed by atoms with Crippen LogP contribution in [0.1, 0.15) is 45.6 Å². The number of anilines is 1.